The molecule has 1 amide bonds. The van der Waals surface area contributed by atoms with E-state index in [9.17, 15) is 4.79 Å². The summed E-state index contributed by atoms with van der Waals surface area (Å²) in [6.07, 6.45) is 0.214. The third-order valence-electron chi connectivity index (χ3n) is 5.61. The number of benzene rings is 2. The van der Waals surface area contributed by atoms with Crippen molar-refractivity contribution in [1.29, 1.82) is 0 Å². The number of hydrogen-bond donors (Lipinski definition) is 1. The maximum Gasteiger partial charge on any atom is 0.253 e. The van der Waals surface area contributed by atoms with E-state index in [1.165, 1.54) is 0 Å². The van der Waals surface area contributed by atoms with Gasteiger partial charge in [-0.3, -0.25) is 4.79 Å². The predicted octanol–water partition coefficient (Wildman–Crippen LogP) is 4.21. The Kier molecular flexibility index (Phi) is 5.42. The minimum atomic E-state index is -0.0865. The molecule has 0 atom stereocenters. The van der Waals surface area contributed by atoms with Crippen molar-refractivity contribution in [1.82, 2.24) is 19.6 Å². The summed E-state index contributed by atoms with van der Waals surface area (Å²) in [7, 11) is 1.63. The van der Waals surface area contributed by atoms with Crippen LogP contribution in [0.15, 0.2) is 42.5 Å². The second-order valence-electron chi connectivity index (χ2n) is 7.61. The quantitative estimate of drug-likeness (QED) is 0.528. The fourth-order valence-electron chi connectivity index (χ4n) is 3.57. The van der Waals surface area contributed by atoms with Crippen LogP contribution in [0.3, 0.4) is 0 Å². The highest BCUT2D eigenvalue weighted by molar-refractivity contribution is 5.93. The number of aryl methyl sites for hydroxylation is 3. The van der Waals surface area contributed by atoms with Gasteiger partial charge >= 0.3 is 0 Å². The molecule has 1 N–H and O–H groups in total. The van der Waals surface area contributed by atoms with Crippen LogP contribution in [-0.2, 0) is 11.2 Å². The minimum absolute atomic E-state index is 0.0865. The van der Waals surface area contributed by atoms with Gasteiger partial charge in [0.15, 0.2) is 5.82 Å². The molecule has 4 rings (SSSR count). The van der Waals surface area contributed by atoms with E-state index in [2.05, 4.69) is 20.4 Å². The van der Waals surface area contributed by atoms with Crippen LogP contribution in [0.4, 0.5) is 5.69 Å². The first kappa shape index (κ1) is 20.5. The first-order valence-electron chi connectivity index (χ1n) is 10.1. The molecule has 4 aromatic rings. The molecule has 7 nitrogen and oxygen atoms in total. The molecule has 2 aromatic carbocycles. The zero-order valence-corrected chi connectivity index (χ0v) is 18.4. The average molecular weight is 415 g/mol. The Labute approximate surface area is 181 Å². The van der Waals surface area contributed by atoms with E-state index in [0.717, 1.165) is 45.1 Å². The van der Waals surface area contributed by atoms with Crippen molar-refractivity contribution in [3.05, 3.63) is 70.5 Å². The Bertz CT molecular complexity index is 1280. The topological polar surface area (TPSA) is 81.4 Å². The molecule has 0 aliphatic carbocycles. The van der Waals surface area contributed by atoms with Gasteiger partial charge in [0.2, 0.25) is 5.91 Å². The molecule has 2 heterocycles. The highest BCUT2D eigenvalue weighted by Crippen LogP contribution is 2.23. The van der Waals surface area contributed by atoms with Gasteiger partial charge in [0, 0.05) is 28.2 Å². The maximum atomic E-state index is 12.8. The molecule has 7 heteroatoms. The van der Waals surface area contributed by atoms with Crippen molar-refractivity contribution in [3.8, 4) is 17.1 Å². The van der Waals surface area contributed by atoms with Crippen LogP contribution in [0.5, 0.6) is 5.75 Å². The van der Waals surface area contributed by atoms with Crippen molar-refractivity contribution in [2.75, 3.05) is 12.4 Å². The summed E-state index contributed by atoms with van der Waals surface area (Å²) in [6.45, 7) is 7.87. The van der Waals surface area contributed by atoms with Crippen LogP contribution in [0.2, 0.25) is 0 Å². The molecule has 0 aliphatic rings. The maximum absolute atomic E-state index is 12.8. The standard InChI is InChI=1S/C24H25N5O2/c1-14-7-6-8-21(15(14)2)26-22(30)13-20-16(3)25-24-27-23(28-29(24)17(20)4)18-9-11-19(31-5)12-10-18/h6-12H,13H2,1-5H3,(H,26,30). The lowest BCUT2D eigenvalue weighted by molar-refractivity contribution is -0.115. The molecule has 0 bridgehead atoms. The molecular weight excluding hydrogens is 390 g/mol. The zero-order chi connectivity index (χ0) is 22.1. The van der Waals surface area contributed by atoms with Crippen LogP contribution in [0, 0.1) is 27.7 Å². The molecule has 31 heavy (non-hydrogen) atoms. The van der Waals surface area contributed by atoms with Crippen molar-refractivity contribution >= 4 is 17.4 Å². The van der Waals surface area contributed by atoms with Gasteiger partial charge in [-0.2, -0.15) is 4.98 Å². The lowest BCUT2D eigenvalue weighted by Gasteiger charge is -2.13. The predicted molar refractivity (Wildman–Crippen MR) is 120 cm³/mol. The Morgan fingerprint density at radius 1 is 1.03 bits per heavy atom. The van der Waals surface area contributed by atoms with Crippen LogP contribution in [0.1, 0.15) is 28.1 Å². The molecule has 0 radical (unpaired) electrons. The number of methoxy groups -OCH3 is 1. The number of ether oxygens (including phenoxy) is 1. The van der Waals surface area contributed by atoms with Gasteiger partial charge in [-0.25, -0.2) is 9.50 Å². The summed E-state index contributed by atoms with van der Waals surface area (Å²) in [5.41, 5.74) is 6.39. The molecule has 0 fully saturated rings. The van der Waals surface area contributed by atoms with E-state index in [0.29, 0.717) is 11.6 Å². The van der Waals surface area contributed by atoms with E-state index in [4.69, 9.17) is 4.74 Å². The third-order valence-corrected chi connectivity index (χ3v) is 5.61. The molecule has 0 aliphatic heterocycles. The Morgan fingerprint density at radius 2 is 1.77 bits per heavy atom. The lowest BCUT2D eigenvalue weighted by Crippen LogP contribution is -2.18. The van der Waals surface area contributed by atoms with E-state index < -0.39 is 0 Å². The van der Waals surface area contributed by atoms with Gasteiger partial charge in [-0.05, 0) is 69.2 Å². The van der Waals surface area contributed by atoms with E-state index in [1.807, 2.05) is 70.2 Å². The molecule has 0 saturated heterocycles. The van der Waals surface area contributed by atoms with Crippen LogP contribution in [-0.4, -0.2) is 32.6 Å². The number of amides is 1. The molecule has 158 valence electrons. The number of carbonyl (C=O) groups excluding carboxylic acids is 1. The van der Waals surface area contributed by atoms with Crippen molar-refractivity contribution in [3.63, 3.8) is 0 Å². The average Bonchev–Trinajstić information content (AvgIpc) is 3.18. The summed E-state index contributed by atoms with van der Waals surface area (Å²) in [4.78, 5) is 21.9. The first-order valence-corrected chi connectivity index (χ1v) is 10.1. The normalized spacial score (nSPS) is 11.0. The first-order chi connectivity index (χ1) is 14.9. The van der Waals surface area contributed by atoms with Gasteiger partial charge in [0.05, 0.1) is 13.5 Å². The summed E-state index contributed by atoms with van der Waals surface area (Å²) >= 11 is 0. The molecular formula is C24H25N5O2. The number of aromatic nitrogens is 4. The summed E-state index contributed by atoms with van der Waals surface area (Å²) in [6, 6.07) is 13.5. The van der Waals surface area contributed by atoms with E-state index >= 15 is 0 Å². The lowest BCUT2D eigenvalue weighted by atomic mass is 10.1. The fourth-order valence-corrected chi connectivity index (χ4v) is 3.57. The highest BCUT2D eigenvalue weighted by atomic mass is 16.5. The largest absolute Gasteiger partial charge is 0.497 e. The van der Waals surface area contributed by atoms with Crippen molar-refractivity contribution in [2.45, 2.75) is 34.1 Å². The number of rotatable bonds is 5. The molecule has 2 aromatic heterocycles. The Hall–Kier alpha value is -3.74. The second kappa shape index (κ2) is 8.18. The number of hydrogen-bond acceptors (Lipinski definition) is 5. The smallest absolute Gasteiger partial charge is 0.253 e. The molecule has 0 spiro atoms. The van der Waals surface area contributed by atoms with Crippen LogP contribution >= 0.6 is 0 Å². The van der Waals surface area contributed by atoms with Gasteiger partial charge in [0.25, 0.3) is 5.78 Å². The number of anilines is 1. The number of nitrogens with one attached hydrogen (secondary N) is 1. The third kappa shape index (κ3) is 3.99. The van der Waals surface area contributed by atoms with Gasteiger partial charge in [0.1, 0.15) is 5.75 Å². The number of fused-ring (bicyclic) bond motifs is 1. The fraction of sp³-hybridized carbons (Fsp3) is 0.250. The second-order valence-corrected chi connectivity index (χ2v) is 7.61. The summed E-state index contributed by atoms with van der Waals surface area (Å²) in [5.74, 6) is 1.78. The van der Waals surface area contributed by atoms with Crippen LogP contribution in [0.25, 0.3) is 17.2 Å². The van der Waals surface area contributed by atoms with E-state index in [-0.39, 0.29) is 12.3 Å². The van der Waals surface area contributed by atoms with Crippen molar-refractivity contribution in [2.24, 2.45) is 0 Å². The number of carbonyl (C=O) groups is 1. The van der Waals surface area contributed by atoms with Crippen molar-refractivity contribution < 1.29 is 9.53 Å². The van der Waals surface area contributed by atoms with Gasteiger partial charge in [-0.1, -0.05) is 12.1 Å². The van der Waals surface area contributed by atoms with Gasteiger partial charge in [-0.15, -0.1) is 5.10 Å². The minimum Gasteiger partial charge on any atom is -0.497 e. The number of nitrogens with zero attached hydrogens (tertiary/aromatic N) is 4. The molecule has 0 unspecified atom stereocenters. The highest BCUT2D eigenvalue weighted by Gasteiger charge is 2.17. The Morgan fingerprint density at radius 3 is 2.48 bits per heavy atom. The molecule has 0 saturated carbocycles. The summed E-state index contributed by atoms with van der Waals surface area (Å²) in [5, 5.41) is 7.65. The van der Waals surface area contributed by atoms with Gasteiger partial charge < -0.3 is 10.1 Å². The van der Waals surface area contributed by atoms with Crippen LogP contribution < -0.4 is 10.1 Å². The monoisotopic (exact) mass is 415 g/mol. The van der Waals surface area contributed by atoms with E-state index in [1.54, 1.807) is 11.6 Å². The zero-order valence-electron chi connectivity index (χ0n) is 18.4. The summed E-state index contributed by atoms with van der Waals surface area (Å²) < 4.78 is 6.91. The SMILES string of the molecule is COc1ccc(-c2nc3nc(C)c(CC(=O)Nc4cccc(C)c4C)c(C)n3n2)cc1. The Balaban J connectivity index is 1.63.